The number of carbonyl (C=O) groups excluding carboxylic acids is 1. The fraction of sp³-hybridized carbons (Fsp3) is 0.412. The van der Waals surface area contributed by atoms with Gasteiger partial charge in [-0.3, -0.25) is 9.48 Å². The molecule has 21 heavy (non-hydrogen) atoms. The van der Waals surface area contributed by atoms with E-state index in [4.69, 9.17) is 0 Å². The lowest BCUT2D eigenvalue weighted by atomic mass is 10.1. The number of benzene rings is 1. The summed E-state index contributed by atoms with van der Waals surface area (Å²) in [6.45, 7) is 3.52. The Kier molecular flexibility index (Phi) is 6.00. The monoisotopic (exact) mass is 285 g/mol. The van der Waals surface area contributed by atoms with Crippen molar-refractivity contribution in [1.29, 1.82) is 0 Å². The van der Waals surface area contributed by atoms with Crippen LogP contribution in [-0.4, -0.2) is 15.7 Å². The maximum atomic E-state index is 11.6. The second-order valence-electron chi connectivity index (χ2n) is 5.25. The normalized spacial score (nSPS) is 10.5. The predicted octanol–water partition coefficient (Wildman–Crippen LogP) is 3.13. The summed E-state index contributed by atoms with van der Waals surface area (Å²) in [6, 6.07) is 10.2. The van der Waals surface area contributed by atoms with Gasteiger partial charge < -0.3 is 5.32 Å². The highest BCUT2D eigenvalue weighted by atomic mass is 16.1. The minimum atomic E-state index is 0.143. The molecule has 1 aromatic carbocycles. The molecule has 0 spiro atoms. The highest BCUT2D eigenvalue weighted by Crippen LogP contribution is 2.06. The van der Waals surface area contributed by atoms with Gasteiger partial charge in [-0.1, -0.05) is 44.0 Å². The minimum absolute atomic E-state index is 0.143. The first-order valence-electron chi connectivity index (χ1n) is 7.60. The Labute approximate surface area is 126 Å². The fourth-order valence-corrected chi connectivity index (χ4v) is 2.17. The molecule has 1 heterocycles. The molecule has 2 rings (SSSR count). The van der Waals surface area contributed by atoms with Gasteiger partial charge >= 0.3 is 0 Å². The van der Waals surface area contributed by atoms with E-state index in [2.05, 4.69) is 41.6 Å². The molecule has 0 radical (unpaired) electrons. The van der Waals surface area contributed by atoms with Gasteiger partial charge in [0, 0.05) is 25.4 Å². The summed E-state index contributed by atoms with van der Waals surface area (Å²) in [5, 5.41) is 7.16. The molecule has 1 N–H and O–H groups in total. The lowest BCUT2D eigenvalue weighted by Crippen LogP contribution is -2.22. The van der Waals surface area contributed by atoms with Crippen LogP contribution in [0.15, 0.2) is 42.7 Å². The van der Waals surface area contributed by atoms with Crippen LogP contribution in [-0.2, 0) is 17.9 Å². The summed E-state index contributed by atoms with van der Waals surface area (Å²) in [5.74, 6) is 0.143. The van der Waals surface area contributed by atoms with Crippen molar-refractivity contribution >= 4 is 5.91 Å². The van der Waals surface area contributed by atoms with Crippen molar-refractivity contribution in [3.63, 3.8) is 0 Å². The molecule has 0 aliphatic carbocycles. The standard InChI is InChI=1S/C17H23N3O/c1-2-3-4-6-17(21)18-13-15-7-9-16(10-8-15)14-20-12-5-11-19-20/h5,7-12H,2-4,6,13-14H2,1H3,(H,18,21). The van der Waals surface area contributed by atoms with Crippen molar-refractivity contribution in [2.24, 2.45) is 0 Å². The summed E-state index contributed by atoms with van der Waals surface area (Å²) in [7, 11) is 0. The summed E-state index contributed by atoms with van der Waals surface area (Å²) in [6.07, 6.45) is 7.60. The number of nitrogens with zero attached hydrogens (tertiary/aromatic N) is 2. The smallest absolute Gasteiger partial charge is 0.220 e. The first-order chi connectivity index (χ1) is 10.3. The van der Waals surface area contributed by atoms with E-state index in [0.717, 1.165) is 31.4 Å². The van der Waals surface area contributed by atoms with Crippen molar-refractivity contribution in [3.05, 3.63) is 53.9 Å². The molecule has 2 aromatic rings. The van der Waals surface area contributed by atoms with Gasteiger partial charge in [-0.25, -0.2) is 0 Å². The quantitative estimate of drug-likeness (QED) is 0.757. The summed E-state index contributed by atoms with van der Waals surface area (Å²) in [5.41, 5.74) is 2.33. The number of amides is 1. The number of nitrogens with one attached hydrogen (secondary N) is 1. The third-order valence-electron chi connectivity index (χ3n) is 3.42. The van der Waals surface area contributed by atoms with E-state index < -0.39 is 0 Å². The molecule has 0 saturated carbocycles. The van der Waals surface area contributed by atoms with Gasteiger partial charge in [0.25, 0.3) is 0 Å². The predicted molar refractivity (Wildman–Crippen MR) is 83.8 cm³/mol. The van der Waals surface area contributed by atoms with Crippen LogP contribution in [0.4, 0.5) is 0 Å². The second kappa shape index (κ2) is 8.25. The van der Waals surface area contributed by atoms with Crippen LogP contribution >= 0.6 is 0 Å². The van der Waals surface area contributed by atoms with E-state index >= 15 is 0 Å². The van der Waals surface area contributed by atoms with Gasteiger partial charge in [0.15, 0.2) is 0 Å². The van der Waals surface area contributed by atoms with Crippen LogP contribution in [0.1, 0.15) is 43.7 Å². The third kappa shape index (κ3) is 5.42. The van der Waals surface area contributed by atoms with Crippen LogP contribution in [0.3, 0.4) is 0 Å². The number of carbonyl (C=O) groups is 1. The molecule has 4 nitrogen and oxygen atoms in total. The fourth-order valence-electron chi connectivity index (χ4n) is 2.17. The molecule has 0 aliphatic heterocycles. The Hall–Kier alpha value is -2.10. The van der Waals surface area contributed by atoms with Crippen molar-refractivity contribution in [1.82, 2.24) is 15.1 Å². The topological polar surface area (TPSA) is 46.9 Å². The average Bonchev–Trinajstić information content (AvgIpc) is 3.00. The van der Waals surface area contributed by atoms with E-state index in [-0.39, 0.29) is 5.91 Å². The van der Waals surface area contributed by atoms with Crippen molar-refractivity contribution < 1.29 is 4.79 Å². The Bertz CT molecular complexity index is 532. The molecule has 112 valence electrons. The van der Waals surface area contributed by atoms with Crippen LogP contribution in [0, 0.1) is 0 Å². The number of aromatic nitrogens is 2. The van der Waals surface area contributed by atoms with Gasteiger partial charge in [-0.2, -0.15) is 5.10 Å². The molecule has 0 saturated heterocycles. The van der Waals surface area contributed by atoms with Crippen LogP contribution in [0.25, 0.3) is 0 Å². The molecule has 0 unspecified atom stereocenters. The maximum absolute atomic E-state index is 11.6. The molecule has 0 bridgehead atoms. The SMILES string of the molecule is CCCCCC(=O)NCc1ccc(Cn2cccn2)cc1. The molecule has 1 amide bonds. The molecule has 1 aromatic heterocycles. The zero-order valence-electron chi connectivity index (χ0n) is 12.6. The van der Waals surface area contributed by atoms with Crippen LogP contribution in [0.2, 0.25) is 0 Å². The number of hydrogen-bond donors (Lipinski definition) is 1. The Morgan fingerprint density at radius 1 is 1.19 bits per heavy atom. The number of rotatable bonds is 8. The van der Waals surface area contributed by atoms with Gasteiger partial charge in [0.2, 0.25) is 5.91 Å². The number of hydrogen-bond acceptors (Lipinski definition) is 2. The highest BCUT2D eigenvalue weighted by molar-refractivity contribution is 5.75. The minimum Gasteiger partial charge on any atom is -0.352 e. The molecular formula is C17H23N3O. The first kappa shape index (κ1) is 15.3. The lowest BCUT2D eigenvalue weighted by Gasteiger charge is -2.07. The third-order valence-corrected chi connectivity index (χ3v) is 3.42. The Morgan fingerprint density at radius 3 is 2.62 bits per heavy atom. The maximum Gasteiger partial charge on any atom is 0.220 e. The Morgan fingerprint density at radius 2 is 1.95 bits per heavy atom. The van der Waals surface area contributed by atoms with Crippen LogP contribution in [0.5, 0.6) is 0 Å². The largest absolute Gasteiger partial charge is 0.352 e. The van der Waals surface area contributed by atoms with Gasteiger partial charge in [-0.05, 0) is 23.6 Å². The second-order valence-corrected chi connectivity index (χ2v) is 5.25. The van der Waals surface area contributed by atoms with Gasteiger partial charge in [0.05, 0.1) is 6.54 Å². The molecule has 0 aliphatic rings. The van der Waals surface area contributed by atoms with E-state index in [9.17, 15) is 4.79 Å². The summed E-state index contributed by atoms with van der Waals surface area (Å²) >= 11 is 0. The lowest BCUT2D eigenvalue weighted by molar-refractivity contribution is -0.121. The zero-order valence-corrected chi connectivity index (χ0v) is 12.6. The van der Waals surface area contributed by atoms with Crippen molar-refractivity contribution in [2.75, 3.05) is 0 Å². The van der Waals surface area contributed by atoms with Crippen molar-refractivity contribution in [2.45, 2.75) is 45.7 Å². The first-order valence-corrected chi connectivity index (χ1v) is 7.60. The molecule has 4 heteroatoms. The summed E-state index contributed by atoms with van der Waals surface area (Å²) < 4.78 is 1.89. The summed E-state index contributed by atoms with van der Waals surface area (Å²) in [4.78, 5) is 11.6. The highest BCUT2D eigenvalue weighted by Gasteiger charge is 2.01. The van der Waals surface area contributed by atoms with E-state index in [0.29, 0.717) is 13.0 Å². The average molecular weight is 285 g/mol. The van der Waals surface area contributed by atoms with Crippen molar-refractivity contribution in [3.8, 4) is 0 Å². The van der Waals surface area contributed by atoms with E-state index in [1.807, 2.05) is 16.9 Å². The zero-order chi connectivity index (χ0) is 14.9. The van der Waals surface area contributed by atoms with Crippen LogP contribution < -0.4 is 5.32 Å². The molecule has 0 fully saturated rings. The molecular weight excluding hydrogens is 262 g/mol. The van der Waals surface area contributed by atoms with E-state index in [1.54, 1.807) is 6.20 Å². The van der Waals surface area contributed by atoms with Gasteiger partial charge in [0.1, 0.15) is 0 Å². The Balaban J connectivity index is 1.75. The van der Waals surface area contributed by atoms with E-state index in [1.165, 1.54) is 5.56 Å². The van der Waals surface area contributed by atoms with Gasteiger partial charge in [-0.15, -0.1) is 0 Å². The molecule has 0 atom stereocenters. The number of unbranched alkanes of at least 4 members (excludes halogenated alkanes) is 2.